The predicted octanol–water partition coefficient (Wildman–Crippen LogP) is 1.81. The highest BCUT2D eigenvalue weighted by molar-refractivity contribution is 6.00. The molecule has 1 aromatic heterocycles. The number of hydrogen-bond donors (Lipinski definition) is 2. The first-order valence-electron chi connectivity index (χ1n) is 5.82. The van der Waals surface area contributed by atoms with Gasteiger partial charge in [0.1, 0.15) is 6.10 Å². The molecule has 1 heterocycles. The minimum atomic E-state index is 0.0450. The van der Waals surface area contributed by atoms with Crippen LogP contribution in [0, 0.1) is 6.92 Å². The summed E-state index contributed by atoms with van der Waals surface area (Å²) in [7, 11) is 0. The predicted molar refractivity (Wildman–Crippen MR) is 64.4 cm³/mol. The molecule has 1 saturated carbocycles. The Kier molecular flexibility index (Phi) is 3.46. The van der Waals surface area contributed by atoms with Crippen LogP contribution in [-0.4, -0.2) is 22.1 Å². The van der Waals surface area contributed by atoms with Gasteiger partial charge in [0.05, 0.1) is 5.56 Å². The van der Waals surface area contributed by atoms with E-state index in [0.29, 0.717) is 11.4 Å². The van der Waals surface area contributed by atoms with Gasteiger partial charge in [0, 0.05) is 6.20 Å². The SMILES string of the molecule is Cc1ccnc(OC2CCCC2)c1/C(N)=N/O. The van der Waals surface area contributed by atoms with Crippen LogP contribution in [0.25, 0.3) is 0 Å². The fourth-order valence-corrected chi connectivity index (χ4v) is 2.15. The molecule has 1 aromatic rings. The van der Waals surface area contributed by atoms with Crippen molar-refractivity contribution in [2.45, 2.75) is 38.7 Å². The molecule has 0 aromatic carbocycles. The number of nitrogens with zero attached hydrogens (tertiary/aromatic N) is 2. The van der Waals surface area contributed by atoms with Crippen molar-refractivity contribution < 1.29 is 9.94 Å². The maximum Gasteiger partial charge on any atom is 0.225 e. The van der Waals surface area contributed by atoms with Gasteiger partial charge in [-0.2, -0.15) is 0 Å². The molecule has 0 bridgehead atoms. The zero-order chi connectivity index (χ0) is 12.3. The van der Waals surface area contributed by atoms with Gasteiger partial charge >= 0.3 is 0 Å². The van der Waals surface area contributed by atoms with E-state index in [1.165, 1.54) is 12.8 Å². The van der Waals surface area contributed by atoms with Gasteiger partial charge in [-0.3, -0.25) is 0 Å². The lowest BCUT2D eigenvalue weighted by molar-refractivity contribution is 0.200. The average molecular weight is 235 g/mol. The second-order valence-corrected chi connectivity index (χ2v) is 4.32. The van der Waals surface area contributed by atoms with Gasteiger partial charge in [-0.05, 0) is 44.2 Å². The molecule has 5 heteroatoms. The number of rotatable bonds is 3. The van der Waals surface area contributed by atoms with Crippen molar-refractivity contribution in [3.8, 4) is 5.88 Å². The Labute approximate surface area is 100 Å². The molecule has 3 N–H and O–H groups in total. The lowest BCUT2D eigenvalue weighted by Gasteiger charge is -2.15. The van der Waals surface area contributed by atoms with E-state index in [0.717, 1.165) is 18.4 Å². The lowest BCUT2D eigenvalue weighted by atomic mass is 10.1. The number of pyridine rings is 1. The van der Waals surface area contributed by atoms with Crippen molar-refractivity contribution in [1.82, 2.24) is 4.98 Å². The topological polar surface area (TPSA) is 80.7 Å². The molecule has 1 fully saturated rings. The van der Waals surface area contributed by atoms with Crippen LogP contribution in [0.2, 0.25) is 0 Å². The number of nitrogens with two attached hydrogens (primary N) is 1. The number of hydrogen-bond acceptors (Lipinski definition) is 4. The minimum Gasteiger partial charge on any atom is -0.474 e. The summed E-state index contributed by atoms with van der Waals surface area (Å²) >= 11 is 0. The van der Waals surface area contributed by atoms with Crippen molar-refractivity contribution >= 4 is 5.84 Å². The Balaban J connectivity index is 2.29. The van der Waals surface area contributed by atoms with E-state index in [-0.39, 0.29) is 11.9 Å². The standard InChI is InChI=1S/C12H17N3O2/c1-8-6-7-14-12(10(8)11(13)15-16)17-9-4-2-3-5-9/h6-7,9,16H,2-5H2,1H3,(H2,13,15). The van der Waals surface area contributed by atoms with Crippen LogP contribution in [0.15, 0.2) is 17.4 Å². The molecule has 0 spiro atoms. The molecule has 2 rings (SSSR count). The Morgan fingerprint density at radius 2 is 2.24 bits per heavy atom. The first-order chi connectivity index (χ1) is 8.22. The Morgan fingerprint density at radius 1 is 1.53 bits per heavy atom. The summed E-state index contributed by atoms with van der Waals surface area (Å²) in [5, 5.41) is 11.8. The molecule has 0 unspecified atom stereocenters. The maximum absolute atomic E-state index is 8.78. The fraction of sp³-hybridized carbons (Fsp3) is 0.500. The Hall–Kier alpha value is -1.78. The van der Waals surface area contributed by atoms with Gasteiger partial charge in [0.25, 0.3) is 0 Å². The smallest absolute Gasteiger partial charge is 0.225 e. The first-order valence-corrected chi connectivity index (χ1v) is 5.82. The van der Waals surface area contributed by atoms with Gasteiger partial charge < -0.3 is 15.7 Å². The Morgan fingerprint density at radius 3 is 2.88 bits per heavy atom. The van der Waals surface area contributed by atoms with Gasteiger partial charge in [-0.25, -0.2) is 4.98 Å². The highest BCUT2D eigenvalue weighted by Crippen LogP contribution is 2.26. The maximum atomic E-state index is 8.78. The van der Waals surface area contributed by atoms with E-state index >= 15 is 0 Å². The molecule has 92 valence electrons. The molecular weight excluding hydrogens is 218 g/mol. The van der Waals surface area contributed by atoms with E-state index < -0.39 is 0 Å². The summed E-state index contributed by atoms with van der Waals surface area (Å²) in [6.07, 6.45) is 6.35. The minimum absolute atomic E-state index is 0.0450. The summed E-state index contributed by atoms with van der Waals surface area (Å²) in [5.74, 6) is 0.510. The molecule has 1 aliphatic rings. The van der Waals surface area contributed by atoms with E-state index in [2.05, 4.69) is 10.1 Å². The summed E-state index contributed by atoms with van der Waals surface area (Å²) in [6.45, 7) is 1.89. The van der Waals surface area contributed by atoms with Gasteiger partial charge in [0.2, 0.25) is 5.88 Å². The van der Waals surface area contributed by atoms with Crippen LogP contribution in [0.1, 0.15) is 36.8 Å². The normalized spacial score (nSPS) is 17.4. The zero-order valence-electron chi connectivity index (χ0n) is 9.89. The number of ether oxygens (including phenoxy) is 1. The number of amidine groups is 1. The monoisotopic (exact) mass is 235 g/mol. The molecule has 1 aliphatic carbocycles. The molecule has 0 atom stereocenters. The number of oxime groups is 1. The second kappa shape index (κ2) is 5.03. The van der Waals surface area contributed by atoms with Gasteiger partial charge in [-0.15, -0.1) is 0 Å². The van der Waals surface area contributed by atoms with Gasteiger partial charge in [-0.1, -0.05) is 5.16 Å². The summed E-state index contributed by atoms with van der Waals surface area (Å²) in [5.41, 5.74) is 7.13. The van der Waals surface area contributed by atoms with Crippen LogP contribution in [0.5, 0.6) is 5.88 Å². The molecule has 0 saturated heterocycles. The first kappa shape index (κ1) is 11.7. The molecule has 0 amide bonds. The van der Waals surface area contributed by atoms with E-state index in [1.54, 1.807) is 6.20 Å². The van der Waals surface area contributed by atoms with Crippen LogP contribution >= 0.6 is 0 Å². The molecule has 17 heavy (non-hydrogen) atoms. The third-order valence-corrected chi connectivity index (χ3v) is 3.07. The molecule has 5 nitrogen and oxygen atoms in total. The average Bonchev–Trinajstić information content (AvgIpc) is 2.81. The van der Waals surface area contributed by atoms with E-state index in [1.807, 2.05) is 13.0 Å². The number of aromatic nitrogens is 1. The van der Waals surface area contributed by atoms with Gasteiger partial charge in [0.15, 0.2) is 5.84 Å². The third-order valence-electron chi connectivity index (χ3n) is 3.07. The summed E-state index contributed by atoms with van der Waals surface area (Å²) < 4.78 is 5.83. The molecule has 0 aliphatic heterocycles. The largest absolute Gasteiger partial charge is 0.474 e. The highest BCUT2D eigenvalue weighted by Gasteiger charge is 2.20. The van der Waals surface area contributed by atoms with E-state index in [9.17, 15) is 0 Å². The van der Waals surface area contributed by atoms with E-state index in [4.69, 9.17) is 15.7 Å². The quantitative estimate of drug-likeness (QED) is 0.362. The Bertz CT molecular complexity index is 426. The van der Waals surface area contributed by atoms with Crippen LogP contribution in [-0.2, 0) is 0 Å². The summed E-state index contributed by atoms with van der Waals surface area (Å²) in [4.78, 5) is 4.18. The number of aryl methyl sites for hydroxylation is 1. The van der Waals surface area contributed by atoms with Crippen molar-refractivity contribution in [3.63, 3.8) is 0 Å². The molecule has 0 radical (unpaired) electrons. The summed E-state index contributed by atoms with van der Waals surface area (Å²) in [6, 6.07) is 1.81. The zero-order valence-corrected chi connectivity index (χ0v) is 9.89. The lowest BCUT2D eigenvalue weighted by Crippen LogP contribution is -2.20. The van der Waals surface area contributed by atoms with Crippen LogP contribution in [0.4, 0.5) is 0 Å². The second-order valence-electron chi connectivity index (χ2n) is 4.32. The fourth-order valence-electron chi connectivity index (χ4n) is 2.15. The van der Waals surface area contributed by atoms with Crippen molar-refractivity contribution in [2.75, 3.05) is 0 Å². The van der Waals surface area contributed by atoms with Crippen molar-refractivity contribution in [1.29, 1.82) is 0 Å². The van der Waals surface area contributed by atoms with Crippen molar-refractivity contribution in [2.24, 2.45) is 10.9 Å². The van der Waals surface area contributed by atoms with Crippen LogP contribution in [0.3, 0.4) is 0 Å². The third kappa shape index (κ3) is 2.49. The van der Waals surface area contributed by atoms with Crippen LogP contribution < -0.4 is 10.5 Å². The highest BCUT2D eigenvalue weighted by atomic mass is 16.5. The van der Waals surface area contributed by atoms with Crippen molar-refractivity contribution in [3.05, 3.63) is 23.4 Å². The molecular formula is C12H17N3O2.